The molecule has 1 atom stereocenters. The largest absolute Gasteiger partial charge is 0.497 e. The normalized spacial score (nSPS) is 12.0. The molecule has 0 aliphatic heterocycles. The lowest BCUT2D eigenvalue weighted by Gasteiger charge is -2.27. The minimum atomic E-state index is -4.02. The minimum absolute atomic E-state index is 0.0630. The molecule has 4 aromatic rings. The van der Waals surface area contributed by atoms with Crippen molar-refractivity contribution in [3.63, 3.8) is 0 Å². The molecular formula is C31H32N2O4S. The summed E-state index contributed by atoms with van der Waals surface area (Å²) in [6, 6.07) is 30.2. The highest BCUT2D eigenvalue weighted by Crippen LogP contribution is 2.30. The van der Waals surface area contributed by atoms with Crippen LogP contribution in [-0.2, 0) is 23.0 Å². The number of nitrogens with zero attached hydrogens (tertiary/aromatic N) is 1. The predicted octanol–water partition coefficient (Wildman–Crippen LogP) is 6.14. The van der Waals surface area contributed by atoms with Crippen molar-refractivity contribution in [3.05, 3.63) is 125 Å². The fraction of sp³-hybridized carbons (Fsp3) is 0.194. The van der Waals surface area contributed by atoms with Gasteiger partial charge in [-0.2, -0.15) is 0 Å². The van der Waals surface area contributed by atoms with Gasteiger partial charge in [-0.15, -0.1) is 0 Å². The number of para-hydroxylation sites is 1. The van der Waals surface area contributed by atoms with Crippen molar-refractivity contribution in [3.8, 4) is 5.75 Å². The third-order valence-corrected chi connectivity index (χ3v) is 8.24. The van der Waals surface area contributed by atoms with E-state index in [-0.39, 0.29) is 29.0 Å². The molecule has 0 radical (unpaired) electrons. The molecular weight excluding hydrogens is 496 g/mol. The van der Waals surface area contributed by atoms with Crippen molar-refractivity contribution in [2.45, 2.75) is 37.8 Å². The first kappa shape index (κ1) is 26.9. The number of carbonyl (C=O) groups excluding carboxylic acids is 1. The summed E-state index contributed by atoms with van der Waals surface area (Å²) in [5, 5.41) is 3.04. The molecule has 196 valence electrons. The van der Waals surface area contributed by atoms with Crippen LogP contribution >= 0.6 is 0 Å². The van der Waals surface area contributed by atoms with Crippen molar-refractivity contribution in [1.82, 2.24) is 5.32 Å². The summed E-state index contributed by atoms with van der Waals surface area (Å²) in [6.07, 6.45) is 0.939. The topological polar surface area (TPSA) is 75.7 Å². The van der Waals surface area contributed by atoms with Crippen LogP contribution < -0.4 is 14.4 Å². The van der Waals surface area contributed by atoms with Gasteiger partial charge in [0, 0.05) is 0 Å². The number of amides is 1. The Labute approximate surface area is 225 Å². The van der Waals surface area contributed by atoms with E-state index in [0.29, 0.717) is 11.4 Å². The van der Waals surface area contributed by atoms with Crippen LogP contribution in [0.1, 0.15) is 46.9 Å². The highest BCUT2D eigenvalue weighted by Gasteiger charge is 2.29. The second kappa shape index (κ2) is 12.0. The smallest absolute Gasteiger partial charge is 0.264 e. The van der Waals surface area contributed by atoms with E-state index in [0.717, 1.165) is 17.5 Å². The maximum atomic E-state index is 14.0. The number of ether oxygens (including phenoxy) is 1. The van der Waals surface area contributed by atoms with Crippen LogP contribution in [0.25, 0.3) is 0 Å². The Hall–Kier alpha value is -4.10. The summed E-state index contributed by atoms with van der Waals surface area (Å²) in [5.41, 5.74) is 3.57. The molecule has 1 amide bonds. The number of carbonyl (C=O) groups is 1. The van der Waals surface area contributed by atoms with E-state index in [1.807, 2.05) is 49.4 Å². The number of methoxy groups -OCH3 is 1. The number of sulfonamides is 1. The molecule has 7 heteroatoms. The molecule has 0 bridgehead atoms. The molecule has 0 aromatic heterocycles. The second-order valence-electron chi connectivity index (χ2n) is 8.98. The van der Waals surface area contributed by atoms with Gasteiger partial charge < -0.3 is 10.1 Å². The van der Waals surface area contributed by atoms with Gasteiger partial charge in [-0.1, -0.05) is 73.7 Å². The van der Waals surface area contributed by atoms with E-state index in [4.69, 9.17) is 4.74 Å². The molecule has 0 saturated carbocycles. The lowest BCUT2D eigenvalue weighted by molar-refractivity contribution is 0.0940. The average Bonchev–Trinajstić information content (AvgIpc) is 2.96. The number of nitrogens with one attached hydrogen (secondary N) is 1. The van der Waals surface area contributed by atoms with E-state index in [9.17, 15) is 13.2 Å². The molecule has 0 spiro atoms. The SMILES string of the molecule is CCc1ccc([C@@H](C)NC(=O)c2ccccc2N(Cc2ccccc2)S(=O)(=O)c2ccc(OC)cc2)cc1. The first-order valence-corrected chi connectivity index (χ1v) is 14.0. The van der Waals surface area contributed by atoms with Crippen LogP contribution in [0.15, 0.2) is 108 Å². The van der Waals surface area contributed by atoms with Crippen LogP contribution in [0.4, 0.5) is 5.69 Å². The number of benzene rings is 4. The monoisotopic (exact) mass is 528 g/mol. The first-order chi connectivity index (χ1) is 18.3. The molecule has 0 unspecified atom stereocenters. The van der Waals surface area contributed by atoms with Crippen LogP contribution in [0.3, 0.4) is 0 Å². The van der Waals surface area contributed by atoms with Crippen molar-refractivity contribution in [2.24, 2.45) is 0 Å². The van der Waals surface area contributed by atoms with Crippen LogP contribution in [0.5, 0.6) is 5.75 Å². The van der Waals surface area contributed by atoms with Gasteiger partial charge in [0.2, 0.25) is 0 Å². The first-order valence-electron chi connectivity index (χ1n) is 12.5. The molecule has 4 aromatic carbocycles. The van der Waals surface area contributed by atoms with Crippen LogP contribution in [-0.4, -0.2) is 21.4 Å². The summed E-state index contributed by atoms with van der Waals surface area (Å²) in [5.74, 6) is 0.204. The predicted molar refractivity (Wildman–Crippen MR) is 151 cm³/mol. The van der Waals surface area contributed by atoms with Crippen molar-refractivity contribution >= 4 is 21.6 Å². The van der Waals surface area contributed by atoms with Gasteiger partial charge in [-0.05, 0) is 66.4 Å². The second-order valence-corrected chi connectivity index (χ2v) is 10.8. The molecule has 38 heavy (non-hydrogen) atoms. The van der Waals surface area contributed by atoms with Gasteiger partial charge in [0.15, 0.2) is 0 Å². The van der Waals surface area contributed by atoms with Gasteiger partial charge >= 0.3 is 0 Å². The molecule has 6 nitrogen and oxygen atoms in total. The highest BCUT2D eigenvalue weighted by molar-refractivity contribution is 7.92. The Bertz CT molecular complexity index is 1470. The fourth-order valence-corrected chi connectivity index (χ4v) is 5.68. The molecule has 0 aliphatic carbocycles. The number of hydrogen-bond donors (Lipinski definition) is 1. The molecule has 1 N–H and O–H groups in total. The van der Waals surface area contributed by atoms with Gasteiger partial charge in [-0.25, -0.2) is 8.42 Å². The van der Waals surface area contributed by atoms with E-state index < -0.39 is 10.0 Å². The molecule has 0 fully saturated rings. The molecule has 0 saturated heterocycles. The summed E-state index contributed by atoms with van der Waals surface area (Å²) in [4.78, 5) is 13.6. The highest BCUT2D eigenvalue weighted by atomic mass is 32.2. The number of aryl methyl sites for hydroxylation is 1. The van der Waals surface area contributed by atoms with E-state index in [2.05, 4.69) is 24.4 Å². The third-order valence-electron chi connectivity index (χ3n) is 6.47. The summed E-state index contributed by atoms with van der Waals surface area (Å²) >= 11 is 0. The molecule has 0 aliphatic rings. The van der Waals surface area contributed by atoms with E-state index in [1.165, 1.54) is 29.1 Å². The Morgan fingerprint density at radius 1 is 0.842 bits per heavy atom. The summed E-state index contributed by atoms with van der Waals surface area (Å²) < 4.78 is 34.4. The van der Waals surface area contributed by atoms with E-state index >= 15 is 0 Å². The van der Waals surface area contributed by atoms with E-state index in [1.54, 1.807) is 36.4 Å². The van der Waals surface area contributed by atoms with Gasteiger partial charge in [-0.3, -0.25) is 9.10 Å². The summed E-state index contributed by atoms with van der Waals surface area (Å²) in [7, 11) is -2.50. The number of anilines is 1. The Morgan fingerprint density at radius 2 is 1.47 bits per heavy atom. The quantitative estimate of drug-likeness (QED) is 0.268. The zero-order chi connectivity index (χ0) is 27.1. The maximum Gasteiger partial charge on any atom is 0.264 e. The van der Waals surface area contributed by atoms with Gasteiger partial charge in [0.05, 0.1) is 35.8 Å². The minimum Gasteiger partial charge on any atom is -0.497 e. The van der Waals surface area contributed by atoms with Gasteiger partial charge in [0.25, 0.3) is 15.9 Å². The Kier molecular flexibility index (Phi) is 8.48. The number of rotatable bonds is 10. The standard InChI is InChI=1S/C31H32N2O4S/c1-4-24-14-16-26(17-15-24)23(2)32-31(34)29-12-8-9-13-30(29)33(22-25-10-6-5-7-11-25)38(35,36)28-20-18-27(37-3)19-21-28/h5-21,23H,4,22H2,1-3H3,(H,32,34)/t23-/m1/s1. The fourth-order valence-electron chi connectivity index (χ4n) is 4.21. The number of hydrogen-bond acceptors (Lipinski definition) is 4. The Balaban J connectivity index is 1.71. The van der Waals surface area contributed by atoms with Crippen molar-refractivity contribution in [1.29, 1.82) is 0 Å². The van der Waals surface area contributed by atoms with Gasteiger partial charge in [0.1, 0.15) is 5.75 Å². The molecule has 4 rings (SSSR count). The summed E-state index contributed by atoms with van der Waals surface area (Å²) in [6.45, 7) is 4.07. The Morgan fingerprint density at radius 3 is 2.11 bits per heavy atom. The maximum absolute atomic E-state index is 14.0. The average molecular weight is 529 g/mol. The lowest BCUT2D eigenvalue weighted by atomic mass is 10.0. The zero-order valence-corrected chi connectivity index (χ0v) is 22.6. The van der Waals surface area contributed by atoms with Crippen molar-refractivity contribution < 1.29 is 17.9 Å². The lowest BCUT2D eigenvalue weighted by Crippen LogP contribution is -2.34. The zero-order valence-electron chi connectivity index (χ0n) is 21.8. The van der Waals surface area contributed by atoms with Crippen molar-refractivity contribution in [2.75, 3.05) is 11.4 Å². The molecule has 0 heterocycles. The third kappa shape index (κ3) is 6.06. The van der Waals surface area contributed by atoms with Crippen LogP contribution in [0, 0.1) is 0 Å². The van der Waals surface area contributed by atoms with Crippen LogP contribution in [0.2, 0.25) is 0 Å².